The van der Waals surface area contributed by atoms with Crippen molar-refractivity contribution in [1.82, 2.24) is 5.32 Å². The molecule has 1 aliphatic carbocycles. The smallest absolute Gasteiger partial charge is 0.221 e. The average Bonchev–Trinajstić information content (AvgIpc) is 2.73. The van der Waals surface area contributed by atoms with Crippen LogP contribution in [0.5, 0.6) is 0 Å². The fourth-order valence-corrected chi connectivity index (χ4v) is 3.18. The average molecular weight is 274 g/mol. The van der Waals surface area contributed by atoms with Crippen molar-refractivity contribution in [2.24, 2.45) is 16.7 Å². The van der Waals surface area contributed by atoms with Crippen LogP contribution in [-0.4, -0.2) is 12.5 Å². The first-order valence-electron chi connectivity index (χ1n) is 7.33. The molecule has 0 saturated heterocycles. The normalized spacial score (nSPS) is 19.6. The summed E-state index contributed by atoms with van der Waals surface area (Å²) in [4.78, 5) is 11.2. The first-order chi connectivity index (χ1) is 9.26. The van der Waals surface area contributed by atoms with Gasteiger partial charge in [-0.2, -0.15) is 0 Å². The van der Waals surface area contributed by atoms with Gasteiger partial charge in [0.15, 0.2) is 0 Å². The van der Waals surface area contributed by atoms with Gasteiger partial charge in [-0.05, 0) is 34.9 Å². The second kappa shape index (κ2) is 5.21. The number of amides is 1. The summed E-state index contributed by atoms with van der Waals surface area (Å²) in [5.74, 6) is 0.685. The van der Waals surface area contributed by atoms with Gasteiger partial charge in [-0.25, -0.2) is 0 Å². The molecule has 0 radical (unpaired) electrons. The molecule has 1 aliphatic rings. The number of hydrogen-bond donors (Lipinski definition) is 2. The zero-order valence-corrected chi connectivity index (χ0v) is 13.2. The second-order valence-corrected chi connectivity index (χ2v) is 6.97. The summed E-state index contributed by atoms with van der Waals surface area (Å²) in [5.41, 5.74) is 2.87. The SMILES string of the molecule is CC(=O)Nc1ccccc1CNCC1C(C)(C)C1(C)C. The van der Waals surface area contributed by atoms with Crippen molar-refractivity contribution in [3.63, 3.8) is 0 Å². The zero-order valence-electron chi connectivity index (χ0n) is 13.2. The van der Waals surface area contributed by atoms with E-state index in [1.54, 1.807) is 6.92 Å². The molecule has 0 heterocycles. The van der Waals surface area contributed by atoms with Crippen LogP contribution >= 0.6 is 0 Å². The Bertz CT molecular complexity index is 491. The van der Waals surface area contributed by atoms with Gasteiger partial charge in [0.2, 0.25) is 5.91 Å². The number of para-hydroxylation sites is 1. The third-order valence-electron chi connectivity index (χ3n) is 5.31. The van der Waals surface area contributed by atoms with E-state index in [1.807, 2.05) is 18.2 Å². The molecule has 0 aromatic heterocycles. The number of carbonyl (C=O) groups is 1. The van der Waals surface area contributed by atoms with E-state index in [2.05, 4.69) is 44.4 Å². The van der Waals surface area contributed by atoms with Crippen LogP contribution in [-0.2, 0) is 11.3 Å². The molecule has 0 unspecified atom stereocenters. The molecule has 1 aromatic carbocycles. The van der Waals surface area contributed by atoms with Gasteiger partial charge >= 0.3 is 0 Å². The highest BCUT2D eigenvalue weighted by molar-refractivity contribution is 5.89. The van der Waals surface area contributed by atoms with Crippen LogP contribution < -0.4 is 10.6 Å². The minimum Gasteiger partial charge on any atom is -0.326 e. The summed E-state index contributed by atoms with van der Waals surface area (Å²) in [7, 11) is 0. The maximum Gasteiger partial charge on any atom is 0.221 e. The Morgan fingerprint density at radius 3 is 2.30 bits per heavy atom. The van der Waals surface area contributed by atoms with Crippen LogP contribution in [0.25, 0.3) is 0 Å². The number of hydrogen-bond acceptors (Lipinski definition) is 2. The Hall–Kier alpha value is -1.35. The van der Waals surface area contributed by atoms with Crippen molar-refractivity contribution in [2.45, 2.75) is 41.2 Å². The first kappa shape index (κ1) is 15.0. The number of nitrogens with one attached hydrogen (secondary N) is 2. The van der Waals surface area contributed by atoms with E-state index in [4.69, 9.17) is 0 Å². The molecule has 3 heteroatoms. The number of carbonyl (C=O) groups excluding carboxylic acids is 1. The molecule has 110 valence electrons. The number of benzene rings is 1. The molecule has 20 heavy (non-hydrogen) atoms. The topological polar surface area (TPSA) is 41.1 Å². The highest BCUT2D eigenvalue weighted by Gasteiger charge is 2.63. The van der Waals surface area contributed by atoms with E-state index < -0.39 is 0 Å². The van der Waals surface area contributed by atoms with Crippen LogP contribution in [0.4, 0.5) is 5.69 Å². The van der Waals surface area contributed by atoms with E-state index in [9.17, 15) is 4.79 Å². The minimum atomic E-state index is -0.0260. The predicted molar refractivity (Wildman–Crippen MR) is 83.5 cm³/mol. The molecule has 0 spiro atoms. The second-order valence-electron chi connectivity index (χ2n) is 6.97. The molecular formula is C17H26N2O. The van der Waals surface area contributed by atoms with Gasteiger partial charge in [0, 0.05) is 19.2 Å². The van der Waals surface area contributed by atoms with E-state index in [-0.39, 0.29) is 5.91 Å². The van der Waals surface area contributed by atoms with E-state index in [1.165, 1.54) is 0 Å². The van der Waals surface area contributed by atoms with E-state index >= 15 is 0 Å². The summed E-state index contributed by atoms with van der Waals surface area (Å²) < 4.78 is 0. The highest BCUT2D eigenvalue weighted by atomic mass is 16.1. The van der Waals surface area contributed by atoms with Crippen molar-refractivity contribution < 1.29 is 4.79 Å². The molecule has 1 saturated carbocycles. The largest absolute Gasteiger partial charge is 0.326 e. The lowest BCUT2D eigenvalue weighted by Gasteiger charge is -2.11. The lowest BCUT2D eigenvalue weighted by Crippen LogP contribution is -2.20. The molecule has 3 nitrogen and oxygen atoms in total. The molecular weight excluding hydrogens is 248 g/mol. The maximum atomic E-state index is 11.2. The maximum absolute atomic E-state index is 11.2. The molecule has 0 atom stereocenters. The Kier molecular flexibility index (Phi) is 3.92. The number of rotatable bonds is 5. The standard InChI is InChI=1S/C17H26N2O/c1-12(20)19-14-9-7-6-8-13(14)10-18-11-15-16(2,3)17(15,4)5/h6-9,15,18H,10-11H2,1-5H3,(H,19,20). The van der Waals surface area contributed by atoms with Gasteiger partial charge in [-0.15, -0.1) is 0 Å². The highest BCUT2D eigenvalue weighted by Crippen LogP contribution is 2.67. The Morgan fingerprint density at radius 1 is 1.15 bits per heavy atom. The number of anilines is 1. The van der Waals surface area contributed by atoms with Crippen LogP contribution in [0.3, 0.4) is 0 Å². The van der Waals surface area contributed by atoms with Crippen molar-refractivity contribution in [1.29, 1.82) is 0 Å². The Morgan fingerprint density at radius 2 is 1.75 bits per heavy atom. The van der Waals surface area contributed by atoms with Crippen LogP contribution in [0.2, 0.25) is 0 Å². The van der Waals surface area contributed by atoms with E-state index in [0.717, 1.165) is 24.3 Å². The van der Waals surface area contributed by atoms with Crippen LogP contribution in [0.15, 0.2) is 24.3 Å². The summed E-state index contributed by atoms with van der Waals surface area (Å²) in [5, 5.41) is 6.42. The summed E-state index contributed by atoms with van der Waals surface area (Å²) in [6.45, 7) is 12.7. The van der Waals surface area contributed by atoms with Crippen LogP contribution in [0, 0.1) is 16.7 Å². The van der Waals surface area contributed by atoms with Crippen molar-refractivity contribution in [3.8, 4) is 0 Å². The van der Waals surface area contributed by atoms with Gasteiger partial charge in [-0.1, -0.05) is 45.9 Å². The summed E-state index contributed by atoms with van der Waals surface area (Å²) in [6.07, 6.45) is 0. The van der Waals surface area contributed by atoms with Gasteiger partial charge < -0.3 is 10.6 Å². The summed E-state index contributed by atoms with van der Waals surface area (Å²) in [6, 6.07) is 7.96. The van der Waals surface area contributed by atoms with E-state index in [0.29, 0.717) is 16.7 Å². The molecule has 1 fully saturated rings. The lowest BCUT2D eigenvalue weighted by molar-refractivity contribution is -0.114. The van der Waals surface area contributed by atoms with Gasteiger partial charge in [-0.3, -0.25) is 4.79 Å². The third kappa shape index (κ3) is 2.73. The van der Waals surface area contributed by atoms with Crippen molar-refractivity contribution >= 4 is 11.6 Å². The molecule has 1 amide bonds. The molecule has 2 rings (SSSR count). The molecule has 0 aliphatic heterocycles. The monoisotopic (exact) mass is 274 g/mol. The lowest BCUT2D eigenvalue weighted by atomic mass is 10.0. The van der Waals surface area contributed by atoms with Crippen molar-refractivity contribution in [2.75, 3.05) is 11.9 Å². The quantitative estimate of drug-likeness (QED) is 0.864. The molecule has 1 aromatic rings. The Labute approximate surface area is 122 Å². The minimum absolute atomic E-state index is 0.0260. The van der Waals surface area contributed by atoms with Gasteiger partial charge in [0.25, 0.3) is 0 Å². The third-order valence-corrected chi connectivity index (χ3v) is 5.31. The van der Waals surface area contributed by atoms with Crippen LogP contribution in [0.1, 0.15) is 40.2 Å². The zero-order chi connectivity index (χ0) is 15.0. The summed E-state index contributed by atoms with van der Waals surface area (Å²) >= 11 is 0. The van der Waals surface area contributed by atoms with Gasteiger partial charge in [0.05, 0.1) is 0 Å². The van der Waals surface area contributed by atoms with Crippen molar-refractivity contribution in [3.05, 3.63) is 29.8 Å². The first-order valence-corrected chi connectivity index (χ1v) is 7.33. The molecule has 2 N–H and O–H groups in total. The van der Waals surface area contributed by atoms with Gasteiger partial charge in [0.1, 0.15) is 0 Å². The molecule has 0 bridgehead atoms. The fraction of sp³-hybridized carbons (Fsp3) is 0.588. The fourth-order valence-electron chi connectivity index (χ4n) is 3.18. The Balaban J connectivity index is 1.91. The predicted octanol–water partition coefficient (Wildman–Crippen LogP) is 3.42.